The number of aliphatic hydroxyl groups excluding tert-OH is 1. The van der Waals surface area contributed by atoms with Gasteiger partial charge in [-0.15, -0.1) is 0 Å². The van der Waals surface area contributed by atoms with Gasteiger partial charge in [0.25, 0.3) is 17.9 Å². The van der Waals surface area contributed by atoms with Crippen LogP contribution < -0.4 is 5.56 Å². The number of carboxylic acids is 1. The summed E-state index contributed by atoms with van der Waals surface area (Å²) in [6.07, 6.45) is -0.803. The second-order valence-corrected chi connectivity index (χ2v) is 6.14. The SMILES string of the molecule is Cn1c(=O)c(C(=O)N2CC[C@H](O)[C@H](C(=O)O)C2)cc2ccccc21.O=CO. The minimum atomic E-state index is -1.15. The number of benzene rings is 1. The Morgan fingerprint density at radius 1 is 1.26 bits per heavy atom. The van der Waals surface area contributed by atoms with Gasteiger partial charge in [-0.2, -0.15) is 0 Å². The number of carbonyl (C=O) groups excluding carboxylic acids is 1. The van der Waals surface area contributed by atoms with Gasteiger partial charge < -0.3 is 24.8 Å². The minimum Gasteiger partial charge on any atom is -0.483 e. The number of aromatic nitrogens is 1. The lowest BCUT2D eigenvalue weighted by atomic mass is 9.94. The van der Waals surface area contributed by atoms with Crippen LogP contribution in [-0.4, -0.2) is 62.3 Å². The number of carbonyl (C=O) groups is 3. The molecule has 1 aromatic carbocycles. The maximum absolute atomic E-state index is 12.7. The highest BCUT2D eigenvalue weighted by atomic mass is 16.4. The highest BCUT2D eigenvalue weighted by molar-refractivity contribution is 5.97. The van der Waals surface area contributed by atoms with Gasteiger partial charge in [0.2, 0.25) is 0 Å². The first-order valence-electron chi connectivity index (χ1n) is 8.18. The molecule has 144 valence electrons. The molecule has 1 saturated heterocycles. The number of aliphatic carboxylic acids is 1. The number of fused-ring (bicyclic) bond motifs is 1. The zero-order valence-electron chi connectivity index (χ0n) is 14.6. The fourth-order valence-electron chi connectivity index (χ4n) is 3.11. The molecular weight excluding hydrogens is 356 g/mol. The van der Waals surface area contributed by atoms with Gasteiger partial charge >= 0.3 is 5.97 Å². The van der Waals surface area contributed by atoms with E-state index in [-0.39, 0.29) is 31.5 Å². The molecular formula is C18H20N2O7. The number of para-hydroxylation sites is 1. The fourth-order valence-corrected chi connectivity index (χ4v) is 3.11. The zero-order chi connectivity index (χ0) is 20.1. The molecule has 27 heavy (non-hydrogen) atoms. The molecule has 9 heteroatoms. The molecule has 9 nitrogen and oxygen atoms in total. The molecule has 0 bridgehead atoms. The van der Waals surface area contributed by atoms with Gasteiger partial charge in [-0.1, -0.05) is 18.2 Å². The Morgan fingerprint density at radius 3 is 2.52 bits per heavy atom. The summed E-state index contributed by atoms with van der Waals surface area (Å²) in [4.78, 5) is 46.1. The van der Waals surface area contributed by atoms with E-state index in [1.165, 1.54) is 9.47 Å². The van der Waals surface area contributed by atoms with Crippen LogP contribution in [0.1, 0.15) is 16.8 Å². The van der Waals surface area contributed by atoms with Crippen LogP contribution in [0.2, 0.25) is 0 Å². The van der Waals surface area contributed by atoms with Gasteiger partial charge in [0, 0.05) is 20.1 Å². The first-order chi connectivity index (χ1) is 12.8. The number of aliphatic hydroxyl groups is 1. The molecule has 2 heterocycles. The van der Waals surface area contributed by atoms with E-state index >= 15 is 0 Å². The Hall–Kier alpha value is -3.20. The summed E-state index contributed by atoms with van der Waals surface area (Å²) in [5.74, 6) is -2.68. The maximum atomic E-state index is 12.7. The zero-order valence-corrected chi connectivity index (χ0v) is 14.6. The number of amides is 1. The highest BCUT2D eigenvalue weighted by Gasteiger charge is 2.35. The van der Waals surface area contributed by atoms with Gasteiger partial charge in [0.15, 0.2) is 0 Å². The molecule has 1 aliphatic heterocycles. The molecule has 2 atom stereocenters. The van der Waals surface area contributed by atoms with Crippen molar-refractivity contribution in [3.8, 4) is 0 Å². The van der Waals surface area contributed by atoms with Crippen molar-refractivity contribution in [3.05, 3.63) is 46.2 Å². The molecule has 0 saturated carbocycles. The number of pyridine rings is 1. The second kappa shape index (κ2) is 8.45. The van der Waals surface area contributed by atoms with E-state index in [1.807, 2.05) is 18.2 Å². The number of hydrogen-bond donors (Lipinski definition) is 3. The average Bonchev–Trinajstić information content (AvgIpc) is 2.65. The van der Waals surface area contributed by atoms with Crippen LogP contribution in [-0.2, 0) is 16.6 Å². The van der Waals surface area contributed by atoms with E-state index in [1.54, 1.807) is 19.2 Å². The van der Waals surface area contributed by atoms with Crippen molar-refractivity contribution in [1.82, 2.24) is 9.47 Å². The van der Waals surface area contributed by atoms with E-state index < -0.39 is 29.5 Å². The lowest BCUT2D eigenvalue weighted by molar-refractivity contribution is -0.148. The minimum absolute atomic E-state index is 0.0109. The summed E-state index contributed by atoms with van der Waals surface area (Å²) in [5, 5.41) is 26.6. The molecule has 1 amide bonds. The molecule has 3 rings (SSSR count). The monoisotopic (exact) mass is 376 g/mol. The maximum Gasteiger partial charge on any atom is 0.310 e. The van der Waals surface area contributed by atoms with Crippen molar-refractivity contribution in [2.24, 2.45) is 13.0 Å². The summed E-state index contributed by atoms with van der Waals surface area (Å²) < 4.78 is 1.41. The van der Waals surface area contributed by atoms with Crippen molar-refractivity contribution in [1.29, 1.82) is 0 Å². The van der Waals surface area contributed by atoms with Gasteiger partial charge in [0.1, 0.15) is 11.5 Å². The third-order valence-electron chi connectivity index (χ3n) is 4.54. The molecule has 2 aromatic rings. The summed E-state index contributed by atoms with van der Waals surface area (Å²) in [7, 11) is 1.60. The summed E-state index contributed by atoms with van der Waals surface area (Å²) in [6, 6.07) is 8.78. The highest BCUT2D eigenvalue weighted by Crippen LogP contribution is 2.20. The van der Waals surface area contributed by atoms with Gasteiger partial charge in [-0.3, -0.25) is 19.2 Å². The first-order valence-corrected chi connectivity index (χ1v) is 8.18. The standard InChI is InChI=1S/C17H18N2O5.CH2O2/c1-18-13-5-3-2-4-10(13)8-11(15(18)21)16(22)19-7-6-14(20)12(9-19)17(23)24;2-1-3/h2-5,8,12,14,20H,6-7,9H2,1H3,(H,23,24);1H,(H,2,3)/t12-,14+;/m1./s1. The lowest BCUT2D eigenvalue weighted by Gasteiger charge is -2.34. The smallest absolute Gasteiger partial charge is 0.310 e. The van der Waals surface area contributed by atoms with E-state index in [0.29, 0.717) is 0 Å². The predicted octanol–water partition coefficient (Wildman–Crippen LogP) is 0.147. The Morgan fingerprint density at radius 2 is 1.89 bits per heavy atom. The topological polar surface area (TPSA) is 137 Å². The molecule has 0 aliphatic carbocycles. The van der Waals surface area contributed by atoms with Crippen LogP contribution in [0, 0.1) is 5.92 Å². The van der Waals surface area contributed by atoms with Crippen molar-refractivity contribution in [2.75, 3.05) is 13.1 Å². The first kappa shape index (κ1) is 20.1. The number of carboxylic acid groups (broad SMARTS) is 2. The van der Waals surface area contributed by atoms with Crippen molar-refractivity contribution in [2.45, 2.75) is 12.5 Å². The number of nitrogens with zero attached hydrogens (tertiary/aromatic N) is 2. The largest absolute Gasteiger partial charge is 0.483 e. The second-order valence-electron chi connectivity index (χ2n) is 6.14. The van der Waals surface area contributed by atoms with Crippen LogP contribution in [0.3, 0.4) is 0 Å². The van der Waals surface area contributed by atoms with Crippen molar-refractivity contribution >= 4 is 29.3 Å². The normalized spacial score (nSPS) is 19.1. The van der Waals surface area contributed by atoms with Gasteiger partial charge in [-0.05, 0) is 23.9 Å². The Kier molecular flexibility index (Phi) is 6.30. The van der Waals surface area contributed by atoms with Crippen molar-refractivity contribution in [3.63, 3.8) is 0 Å². The number of piperidine rings is 1. The summed E-state index contributed by atoms with van der Waals surface area (Å²) in [5.41, 5.74) is 0.310. The van der Waals surface area contributed by atoms with E-state index in [4.69, 9.17) is 15.0 Å². The third-order valence-corrected chi connectivity index (χ3v) is 4.54. The Bertz CT molecular complexity index is 922. The van der Waals surface area contributed by atoms with E-state index in [9.17, 15) is 19.5 Å². The number of likely N-dealkylation sites (tertiary alicyclic amines) is 1. The molecule has 0 unspecified atom stereocenters. The summed E-state index contributed by atoms with van der Waals surface area (Å²) >= 11 is 0. The van der Waals surface area contributed by atoms with Crippen LogP contribution in [0.15, 0.2) is 35.1 Å². The molecule has 1 aliphatic rings. The molecule has 3 N–H and O–H groups in total. The predicted molar refractivity (Wildman–Crippen MR) is 95.5 cm³/mol. The molecule has 0 radical (unpaired) electrons. The lowest BCUT2D eigenvalue weighted by Crippen LogP contribution is -2.49. The Balaban J connectivity index is 0.000000817. The van der Waals surface area contributed by atoms with Gasteiger partial charge in [0.05, 0.1) is 11.6 Å². The van der Waals surface area contributed by atoms with Crippen LogP contribution in [0.4, 0.5) is 0 Å². The average molecular weight is 376 g/mol. The number of rotatable bonds is 2. The summed E-state index contributed by atoms with van der Waals surface area (Å²) in [6.45, 7) is -0.134. The fraction of sp³-hybridized carbons (Fsp3) is 0.333. The van der Waals surface area contributed by atoms with Gasteiger partial charge in [-0.25, -0.2) is 0 Å². The van der Waals surface area contributed by atoms with E-state index in [2.05, 4.69) is 0 Å². The van der Waals surface area contributed by atoms with Crippen molar-refractivity contribution < 1.29 is 29.7 Å². The Labute approximate surface area is 154 Å². The molecule has 0 spiro atoms. The van der Waals surface area contributed by atoms with Crippen LogP contribution in [0.25, 0.3) is 10.9 Å². The number of aryl methyl sites for hydroxylation is 1. The quantitative estimate of drug-likeness (QED) is 0.634. The molecule has 1 fully saturated rings. The number of hydrogen-bond acceptors (Lipinski definition) is 5. The van der Waals surface area contributed by atoms with Crippen LogP contribution in [0.5, 0.6) is 0 Å². The van der Waals surface area contributed by atoms with E-state index in [0.717, 1.165) is 10.9 Å². The third kappa shape index (κ3) is 4.14. The van der Waals surface area contributed by atoms with Crippen LogP contribution >= 0.6 is 0 Å². The molecule has 1 aromatic heterocycles.